The molecule has 0 unspecified atom stereocenters. The number of nitrogens with one attached hydrogen (secondary N) is 1. The Morgan fingerprint density at radius 1 is 1.03 bits per heavy atom. The number of aryl methyl sites for hydroxylation is 1. The smallest absolute Gasteiger partial charge is 0.262 e. The Bertz CT molecular complexity index is 1050. The molecule has 1 N–H and O–H groups in total. The molecule has 0 atom stereocenters. The van der Waals surface area contributed by atoms with Crippen LogP contribution in [0.15, 0.2) is 53.9 Å². The van der Waals surface area contributed by atoms with Gasteiger partial charge in [0.05, 0.1) is 21.8 Å². The number of hydrogen-bond acceptors (Lipinski definition) is 5. The van der Waals surface area contributed by atoms with Crippen molar-refractivity contribution in [3.05, 3.63) is 75.6 Å². The molecule has 2 heterocycles. The maximum absolute atomic E-state index is 12.3. The molecule has 2 aromatic carbocycles. The Hall–Kier alpha value is -3.32. The first-order valence-electron chi connectivity index (χ1n) is 9.26. The summed E-state index contributed by atoms with van der Waals surface area (Å²) in [6.45, 7) is 2.14. The van der Waals surface area contributed by atoms with Crippen molar-refractivity contribution in [3.8, 4) is 11.3 Å². The van der Waals surface area contributed by atoms with Crippen LogP contribution in [0.4, 0.5) is 0 Å². The standard InChI is InChI=1S/C22H19N3O3S/c1-14-24-19(13-29-14)16-8-6-15(7-9-16)10-11-23-20(26)12-25-21(27)17-4-2-3-5-18(17)22(25)28/h2-9,13H,10-12H2,1H3,(H,23,26). The van der Waals surface area contributed by atoms with Crippen LogP contribution >= 0.6 is 11.3 Å². The third-order valence-corrected chi connectivity index (χ3v) is 5.56. The number of carbonyl (C=O) groups is 3. The first kappa shape index (κ1) is 19.0. The molecule has 4 rings (SSSR count). The molecule has 0 fully saturated rings. The van der Waals surface area contributed by atoms with E-state index >= 15 is 0 Å². The topological polar surface area (TPSA) is 79.4 Å². The SMILES string of the molecule is Cc1nc(-c2ccc(CCNC(=O)CN3C(=O)c4ccccc4C3=O)cc2)cs1. The van der Waals surface area contributed by atoms with Gasteiger partial charge in [-0.25, -0.2) is 4.98 Å². The predicted octanol–water partition coefficient (Wildman–Crippen LogP) is 3.07. The van der Waals surface area contributed by atoms with Gasteiger partial charge in [-0.15, -0.1) is 11.3 Å². The molecule has 29 heavy (non-hydrogen) atoms. The predicted molar refractivity (Wildman–Crippen MR) is 111 cm³/mol. The molecule has 3 aromatic rings. The van der Waals surface area contributed by atoms with Gasteiger partial charge >= 0.3 is 0 Å². The third kappa shape index (κ3) is 3.95. The zero-order valence-electron chi connectivity index (χ0n) is 15.8. The normalized spacial score (nSPS) is 12.9. The van der Waals surface area contributed by atoms with Gasteiger partial charge in [0.2, 0.25) is 5.91 Å². The molecule has 0 saturated carbocycles. The first-order valence-corrected chi connectivity index (χ1v) is 10.1. The lowest BCUT2D eigenvalue weighted by Gasteiger charge is -2.13. The van der Waals surface area contributed by atoms with E-state index in [0.29, 0.717) is 24.1 Å². The second-order valence-corrected chi connectivity index (χ2v) is 7.85. The van der Waals surface area contributed by atoms with Gasteiger partial charge in [0, 0.05) is 17.5 Å². The van der Waals surface area contributed by atoms with E-state index in [0.717, 1.165) is 26.7 Å². The molecule has 0 spiro atoms. The second kappa shape index (κ2) is 7.97. The Morgan fingerprint density at radius 3 is 2.28 bits per heavy atom. The van der Waals surface area contributed by atoms with Crippen LogP contribution in [0.5, 0.6) is 0 Å². The number of imide groups is 1. The van der Waals surface area contributed by atoms with Gasteiger partial charge in [-0.2, -0.15) is 0 Å². The zero-order chi connectivity index (χ0) is 20.4. The minimum Gasteiger partial charge on any atom is -0.354 e. The minimum atomic E-state index is -0.423. The van der Waals surface area contributed by atoms with Crippen molar-refractivity contribution < 1.29 is 14.4 Å². The van der Waals surface area contributed by atoms with E-state index in [1.165, 1.54) is 0 Å². The summed E-state index contributed by atoms with van der Waals surface area (Å²) in [6.07, 6.45) is 0.657. The quantitative estimate of drug-likeness (QED) is 0.639. The van der Waals surface area contributed by atoms with Crippen LogP contribution in [0.2, 0.25) is 0 Å². The van der Waals surface area contributed by atoms with Crippen molar-refractivity contribution >= 4 is 29.1 Å². The van der Waals surface area contributed by atoms with E-state index in [-0.39, 0.29) is 12.5 Å². The van der Waals surface area contributed by atoms with E-state index in [2.05, 4.69) is 10.3 Å². The molecule has 146 valence electrons. The monoisotopic (exact) mass is 405 g/mol. The number of nitrogens with zero attached hydrogens (tertiary/aromatic N) is 2. The van der Waals surface area contributed by atoms with Gasteiger partial charge in [-0.1, -0.05) is 36.4 Å². The molecule has 1 aliphatic rings. The maximum Gasteiger partial charge on any atom is 0.262 e. The summed E-state index contributed by atoms with van der Waals surface area (Å²) in [6, 6.07) is 14.7. The number of aromatic nitrogens is 1. The minimum absolute atomic E-state index is 0.269. The largest absolute Gasteiger partial charge is 0.354 e. The highest BCUT2D eigenvalue weighted by Gasteiger charge is 2.36. The molecule has 0 saturated heterocycles. The van der Waals surface area contributed by atoms with Gasteiger partial charge in [0.1, 0.15) is 6.54 Å². The van der Waals surface area contributed by atoms with Crippen LogP contribution in [-0.2, 0) is 11.2 Å². The fraction of sp³-hybridized carbons (Fsp3) is 0.182. The van der Waals surface area contributed by atoms with Crippen LogP contribution in [-0.4, -0.2) is 40.7 Å². The van der Waals surface area contributed by atoms with E-state index < -0.39 is 11.8 Å². The van der Waals surface area contributed by atoms with Crippen molar-refractivity contribution in [2.24, 2.45) is 0 Å². The van der Waals surface area contributed by atoms with Gasteiger partial charge in [-0.05, 0) is 31.0 Å². The van der Waals surface area contributed by atoms with Gasteiger partial charge in [-0.3, -0.25) is 19.3 Å². The lowest BCUT2D eigenvalue weighted by molar-refractivity contribution is -0.121. The average molecular weight is 405 g/mol. The summed E-state index contributed by atoms with van der Waals surface area (Å²) >= 11 is 1.62. The second-order valence-electron chi connectivity index (χ2n) is 6.79. The van der Waals surface area contributed by atoms with Crippen LogP contribution in [0.1, 0.15) is 31.3 Å². The Labute approximate surface area is 172 Å². The molecule has 0 aliphatic carbocycles. The number of rotatable bonds is 6. The molecular formula is C22H19N3O3S. The van der Waals surface area contributed by atoms with Crippen LogP contribution in [0.25, 0.3) is 11.3 Å². The average Bonchev–Trinajstić information content (AvgIpc) is 3.26. The van der Waals surface area contributed by atoms with E-state index in [4.69, 9.17) is 0 Å². The lowest BCUT2D eigenvalue weighted by atomic mass is 10.1. The summed E-state index contributed by atoms with van der Waals surface area (Å²) in [5.41, 5.74) is 3.81. The number of thiazole rings is 1. The number of benzene rings is 2. The fourth-order valence-electron chi connectivity index (χ4n) is 3.27. The highest BCUT2D eigenvalue weighted by Crippen LogP contribution is 2.23. The molecular weight excluding hydrogens is 386 g/mol. The zero-order valence-corrected chi connectivity index (χ0v) is 16.7. The number of hydrogen-bond donors (Lipinski definition) is 1. The van der Waals surface area contributed by atoms with E-state index in [1.54, 1.807) is 35.6 Å². The van der Waals surface area contributed by atoms with Crippen molar-refractivity contribution in [1.82, 2.24) is 15.2 Å². The van der Waals surface area contributed by atoms with Crippen molar-refractivity contribution in [3.63, 3.8) is 0 Å². The maximum atomic E-state index is 12.3. The molecule has 1 aliphatic heterocycles. The number of amides is 3. The van der Waals surface area contributed by atoms with Crippen LogP contribution in [0.3, 0.4) is 0 Å². The summed E-state index contributed by atoms with van der Waals surface area (Å²) in [5, 5.41) is 5.84. The Kier molecular flexibility index (Phi) is 5.22. The molecule has 0 radical (unpaired) electrons. The third-order valence-electron chi connectivity index (χ3n) is 4.78. The highest BCUT2D eigenvalue weighted by atomic mass is 32.1. The highest BCUT2D eigenvalue weighted by molar-refractivity contribution is 7.09. The molecule has 6 nitrogen and oxygen atoms in total. The summed E-state index contributed by atoms with van der Waals surface area (Å²) < 4.78 is 0. The van der Waals surface area contributed by atoms with Crippen molar-refractivity contribution in [2.45, 2.75) is 13.3 Å². The van der Waals surface area contributed by atoms with Gasteiger partial charge in [0.25, 0.3) is 11.8 Å². The molecule has 3 amide bonds. The molecule has 1 aromatic heterocycles. The Morgan fingerprint density at radius 2 is 1.69 bits per heavy atom. The van der Waals surface area contributed by atoms with Crippen molar-refractivity contribution in [1.29, 1.82) is 0 Å². The van der Waals surface area contributed by atoms with Gasteiger partial charge in [0.15, 0.2) is 0 Å². The lowest BCUT2D eigenvalue weighted by Crippen LogP contribution is -2.40. The van der Waals surface area contributed by atoms with E-state index in [9.17, 15) is 14.4 Å². The van der Waals surface area contributed by atoms with Crippen LogP contribution < -0.4 is 5.32 Å². The fourth-order valence-corrected chi connectivity index (χ4v) is 3.89. The number of fused-ring (bicyclic) bond motifs is 1. The molecule has 0 bridgehead atoms. The summed E-state index contributed by atoms with van der Waals surface area (Å²) in [4.78, 5) is 42.3. The van der Waals surface area contributed by atoms with Crippen LogP contribution in [0, 0.1) is 6.92 Å². The summed E-state index contributed by atoms with van der Waals surface area (Å²) in [7, 11) is 0. The first-order chi connectivity index (χ1) is 14.0. The van der Waals surface area contributed by atoms with E-state index in [1.807, 2.05) is 36.6 Å². The summed E-state index contributed by atoms with van der Waals surface area (Å²) in [5.74, 6) is -1.20. The molecule has 7 heteroatoms. The van der Waals surface area contributed by atoms with Crippen molar-refractivity contribution in [2.75, 3.05) is 13.1 Å². The van der Waals surface area contributed by atoms with Gasteiger partial charge < -0.3 is 5.32 Å². The number of carbonyl (C=O) groups excluding carboxylic acids is 3. The Balaban J connectivity index is 1.28.